The summed E-state index contributed by atoms with van der Waals surface area (Å²) in [5.41, 5.74) is 2.38. The van der Waals surface area contributed by atoms with Gasteiger partial charge in [0.25, 0.3) is 0 Å². The minimum atomic E-state index is -2.30. The fraction of sp³-hybridized carbons (Fsp3) is 0.667. The SMILES string of the molecule is CCC[CH2][Sn]([CH2]CCC)([CH2]CCC)[c]1ccc2c(c1)CCC2=O. The van der Waals surface area contributed by atoms with Gasteiger partial charge in [0.15, 0.2) is 0 Å². The van der Waals surface area contributed by atoms with Gasteiger partial charge in [0.05, 0.1) is 0 Å². The molecule has 0 spiro atoms. The van der Waals surface area contributed by atoms with Gasteiger partial charge in [-0.1, -0.05) is 0 Å². The molecule has 1 aliphatic rings. The number of hydrogen-bond donors (Lipinski definition) is 0. The number of aryl methyl sites for hydroxylation is 1. The van der Waals surface area contributed by atoms with E-state index in [0.717, 1.165) is 18.4 Å². The number of carbonyl (C=O) groups excluding carboxylic acids is 1. The average molecular weight is 421 g/mol. The summed E-state index contributed by atoms with van der Waals surface area (Å²) < 4.78 is 6.26. The van der Waals surface area contributed by atoms with Gasteiger partial charge >= 0.3 is 147 Å². The molecule has 0 unspecified atom stereocenters. The van der Waals surface area contributed by atoms with Gasteiger partial charge in [-0.2, -0.15) is 0 Å². The number of Topliss-reactive ketones (excluding diaryl/α,β-unsaturated/α-hetero) is 1. The van der Waals surface area contributed by atoms with Crippen LogP contribution in [0.4, 0.5) is 0 Å². The van der Waals surface area contributed by atoms with Gasteiger partial charge in [0.1, 0.15) is 0 Å². The molecule has 1 aromatic rings. The first-order chi connectivity index (χ1) is 11.2. The summed E-state index contributed by atoms with van der Waals surface area (Å²) in [6.07, 6.45) is 9.89. The van der Waals surface area contributed by atoms with Crippen molar-refractivity contribution in [2.45, 2.75) is 85.4 Å². The van der Waals surface area contributed by atoms with Crippen LogP contribution in [0.3, 0.4) is 0 Å². The number of fused-ring (bicyclic) bond motifs is 1. The third-order valence-corrected chi connectivity index (χ3v) is 21.3. The van der Waals surface area contributed by atoms with Crippen molar-refractivity contribution in [3.63, 3.8) is 0 Å². The second-order valence-electron chi connectivity index (χ2n) is 7.39. The monoisotopic (exact) mass is 422 g/mol. The number of benzene rings is 1. The summed E-state index contributed by atoms with van der Waals surface area (Å²) in [5, 5.41) is 0. The maximum absolute atomic E-state index is 12.0. The van der Waals surface area contributed by atoms with E-state index in [1.807, 2.05) is 0 Å². The summed E-state index contributed by atoms with van der Waals surface area (Å²) in [6.45, 7) is 6.99. The number of hydrogen-bond acceptors (Lipinski definition) is 1. The number of rotatable bonds is 10. The van der Waals surface area contributed by atoms with Gasteiger partial charge in [-0.25, -0.2) is 0 Å². The topological polar surface area (TPSA) is 17.1 Å². The van der Waals surface area contributed by atoms with E-state index in [4.69, 9.17) is 0 Å². The first-order valence-corrected chi connectivity index (χ1v) is 17.3. The van der Waals surface area contributed by atoms with Gasteiger partial charge in [0.2, 0.25) is 0 Å². The van der Waals surface area contributed by atoms with Crippen LogP contribution in [0, 0.1) is 0 Å². The number of ketones is 1. The summed E-state index contributed by atoms with van der Waals surface area (Å²) in [5.74, 6) is 0.364. The van der Waals surface area contributed by atoms with Crippen LogP contribution in [-0.4, -0.2) is 24.2 Å². The Bertz CT molecular complexity index is 499. The molecule has 0 aromatic heterocycles. The fourth-order valence-electron chi connectivity index (χ4n) is 4.14. The Morgan fingerprint density at radius 3 is 1.96 bits per heavy atom. The molecule has 0 N–H and O–H groups in total. The number of unbranched alkanes of at least 4 members (excludes halogenated alkanes) is 3. The van der Waals surface area contributed by atoms with Crippen LogP contribution in [0.2, 0.25) is 13.3 Å². The van der Waals surface area contributed by atoms with E-state index in [2.05, 4.69) is 39.0 Å². The standard InChI is InChI=1S/C9H7O.3C4H9.Sn/c10-9-6-5-7-3-1-2-4-8(7)9;3*1-3-4-2;/h2-4H,5-6H2;3*1,3-4H2,2H3;. The molecule has 0 amide bonds. The molecule has 0 saturated carbocycles. The zero-order valence-electron chi connectivity index (χ0n) is 15.4. The zero-order valence-corrected chi connectivity index (χ0v) is 18.3. The van der Waals surface area contributed by atoms with Gasteiger partial charge in [-0.15, -0.1) is 0 Å². The van der Waals surface area contributed by atoms with Crippen LogP contribution in [-0.2, 0) is 6.42 Å². The zero-order chi connectivity index (χ0) is 16.7. The Balaban J connectivity index is 2.35. The third kappa shape index (κ3) is 4.61. The predicted molar refractivity (Wildman–Crippen MR) is 104 cm³/mol. The van der Waals surface area contributed by atoms with E-state index in [1.54, 1.807) is 3.58 Å². The van der Waals surface area contributed by atoms with Gasteiger partial charge in [-0.05, 0) is 0 Å². The molecule has 1 aliphatic carbocycles. The Kier molecular flexibility index (Phi) is 7.64. The van der Waals surface area contributed by atoms with E-state index < -0.39 is 18.4 Å². The summed E-state index contributed by atoms with van der Waals surface area (Å²) in [7, 11) is 0. The Labute approximate surface area is 147 Å². The maximum atomic E-state index is 12.0. The van der Waals surface area contributed by atoms with E-state index in [-0.39, 0.29) is 0 Å². The first kappa shape index (κ1) is 19.0. The van der Waals surface area contributed by atoms with Crippen molar-refractivity contribution in [2.24, 2.45) is 0 Å². The van der Waals surface area contributed by atoms with E-state index in [1.165, 1.54) is 57.4 Å². The summed E-state index contributed by atoms with van der Waals surface area (Å²) >= 11 is -2.30. The molecule has 1 aromatic carbocycles. The van der Waals surface area contributed by atoms with Crippen LogP contribution in [0.15, 0.2) is 18.2 Å². The van der Waals surface area contributed by atoms with Crippen molar-refractivity contribution < 1.29 is 4.79 Å². The molecular weight excluding hydrogens is 387 g/mol. The summed E-state index contributed by atoms with van der Waals surface area (Å²) in [6, 6.07) is 7.03. The van der Waals surface area contributed by atoms with Gasteiger partial charge in [0, 0.05) is 0 Å². The Morgan fingerprint density at radius 2 is 1.43 bits per heavy atom. The summed E-state index contributed by atoms with van der Waals surface area (Å²) in [4.78, 5) is 12.0. The molecule has 23 heavy (non-hydrogen) atoms. The Hall–Kier alpha value is -0.311. The van der Waals surface area contributed by atoms with Gasteiger partial charge in [-0.3, -0.25) is 0 Å². The normalized spacial score (nSPS) is 14.3. The van der Waals surface area contributed by atoms with Crippen molar-refractivity contribution >= 4 is 27.7 Å². The average Bonchev–Trinajstić information content (AvgIpc) is 2.95. The molecule has 0 fully saturated rings. The quantitative estimate of drug-likeness (QED) is 0.432. The molecule has 2 heteroatoms. The van der Waals surface area contributed by atoms with Crippen LogP contribution in [0.5, 0.6) is 0 Å². The van der Waals surface area contributed by atoms with Crippen molar-refractivity contribution in [1.82, 2.24) is 0 Å². The van der Waals surface area contributed by atoms with Crippen LogP contribution in [0.25, 0.3) is 0 Å². The second-order valence-corrected chi connectivity index (χ2v) is 20.6. The molecule has 2 rings (SSSR count). The van der Waals surface area contributed by atoms with Crippen molar-refractivity contribution in [1.29, 1.82) is 0 Å². The minimum absolute atomic E-state index is 0.364. The molecule has 0 heterocycles. The van der Waals surface area contributed by atoms with Crippen LogP contribution >= 0.6 is 0 Å². The second kappa shape index (κ2) is 9.24. The fourth-order valence-corrected chi connectivity index (χ4v) is 20.2. The molecule has 1 nitrogen and oxygen atoms in total. The Morgan fingerprint density at radius 1 is 0.870 bits per heavy atom. The van der Waals surface area contributed by atoms with Crippen LogP contribution in [0.1, 0.15) is 81.6 Å². The van der Waals surface area contributed by atoms with E-state index in [9.17, 15) is 4.79 Å². The van der Waals surface area contributed by atoms with Crippen molar-refractivity contribution in [2.75, 3.05) is 0 Å². The molecule has 0 bridgehead atoms. The van der Waals surface area contributed by atoms with E-state index >= 15 is 0 Å². The predicted octanol–water partition coefficient (Wildman–Crippen LogP) is 5.87. The third-order valence-electron chi connectivity index (χ3n) is 5.67. The van der Waals surface area contributed by atoms with Crippen molar-refractivity contribution in [3.8, 4) is 0 Å². The molecule has 0 aliphatic heterocycles. The van der Waals surface area contributed by atoms with E-state index in [0.29, 0.717) is 5.78 Å². The molecule has 0 radical (unpaired) electrons. The van der Waals surface area contributed by atoms with Gasteiger partial charge < -0.3 is 0 Å². The van der Waals surface area contributed by atoms with Crippen molar-refractivity contribution in [3.05, 3.63) is 29.3 Å². The van der Waals surface area contributed by atoms with Crippen LogP contribution < -0.4 is 3.58 Å². The first-order valence-electron chi connectivity index (χ1n) is 9.83. The molecule has 0 atom stereocenters. The molecule has 0 saturated heterocycles. The molecular formula is C21H34OSn. The number of carbonyl (C=O) groups is 1. The molecule has 128 valence electrons.